The smallest absolute Gasteiger partial charge is 0.288 e. The van der Waals surface area contributed by atoms with Crippen molar-refractivity contribution in [3.8, 4) is 0 Å². The van der Waals surface area contributed by atoms with E-state index in [-0.39, 0.29) is 22.2 Å². The molecule has 21 heavy (non-hydrogen) atoms. The second-order valence-corrected chi connectivity index (χ2v) is 5.82. The van der Waals surface area contributed by atoms with Crippen LogP contribution in [0.5, 0.6) is 0 Å². The molecule has 0 radical (unpaired) electrons. The molecule has 6 heteroatoms. The average molecular weight is 311 g/mol. The van der Waals surface area contributed by atoms with Crippen molar-refractivity contribution < 1.29 is 9.72 Å². The van der Waals surface area contributed by atoms with Crippen molar-refractivity contribution in [2.24, 2.45) is 5.92 Å². The number of hydrogen-bond acceptors (Lipinski definition) is 3. The molecule has 1 saturated carbocycles. The van der Waals surface area contributed by atoms with Gasteiger partial charge in [0.05, 0.1) is 10.5 Å². The van der Waals surface area contributed by atoms with Gasteiger partial charge in [-0.25, -0.2) is 0 Å². The third kappa shape index (κ3) is 4.17. The molecule has 0 aliphatic heterocycles. The number of halogens is 1. The molecule has 0 bridgehead atoms. The molecule has 2 rings (SSSR count). The fourth-order valence-electron chi connectivity index (χ4n) is 2.80. The number of hydrogen-bond donors (Lipinski definition) is 1. The number of carbonyl (C=O) groups is 1. The molecule has 1 aromatic rings. The summed E-state index contributed by atoms with van der Waals surface area (Å²) in [5.74, 6) is 0.333. The average Bonchev–Trinajstić information content (AvgIpc) is 2.48. The molecule has 0 heterocycles. The highest BCUT2D eigenvalue weighted by atomic mass is 35.5. The third-order valence-electron chi connectivity index (χ3n) is 3.98. The lowest BCUT2D eigenvalue weighted by Crippen LogP contribution is -2.26. The standard InChI is InChI=1S/C15H19ClN2O3/c16-14-12(7-4-8-13(14)18(20)21)15(19)17-10-9-11-5-2-1-3-6-11/h4,7-8,11H,1-3,5-6,9-10H2,(H,17,19). The van der Waals surface area contributed by atoms with Gasteiger partial charge in [0.2, 0.25) is 0 Å². The van der Waals surface area contributed by atoms with Gasteiger partial charge in [0.15, 0.2) is 0 Å². The first-order valence-electron chi connectivity index (χ1n) is 7.30. The van der Waals surface area contributed by atoms with Gasteiger partial charge in [-0.1, -0.05) is 49.8 Å². The molecule has 1 N–H and O–H groups in total. The van der Waals surface area contributed by atoms with Crippen molar-refractivity contribution in [1.82, 2.24) is 5.32 Å². The summed E-state index contributed by atoms with van der Waals surface area (Å²) in [6.45, 7) is 0.586. The zero-order valence-electron chi connectivity index (χ0n) is 11.8. The quantitative estimate of drug-likeness (QED) is 0.661. The van der Waals surface area contributed by atoms with Crippen molar-refractivity contribution in [1.29, 1.82) is 0 Å². The normalized spacial score (nSPS) is 15.7. The van der Waals surface area contributed by atoms with Crippen LogP contribution in [-0.2, 0) is 0 Å². The Labute approximate surface area is 128 Å². The maximum atomic E-state index is 12.1. The van der Waals surface area contributed by atoms with Crippen LogP contribution >= 0.6 is 11.6 Å². The number of benzene rings is 1. The molecule has 0 spiro atoms. The van der Waals surface area contributed by atoms with E-state index in [0.29, 0.717) is 12.5 Å². The van der Waals surface area contributed by atoms with E-state index in [4.69, 9.17) is 11.6 Å². The first-order valence-corrected chi connectivity index (χ1v) is 7.68. The highest BCUT2D eigenvalue weighted by Crippen LogP contribution is 2.28. The number of nitrogens with zero attached hydrogens (tertiary/aromatic N) is 1. The summed E-state index contributed by atoms with van der Waals surface area (Å²) in [7, 11) is 0. The van der Waals surface area contributed by atoms with E-state index in [1.54, 1.807) is 0 Å². The molecule has 0 unspecified atom stereocenters. The highest BCUT2D eigenvalue weighted by Gasteiger charge is 2.20. The van der Waals surface area contributed by atoms with Crippen LogP contribution in [0.4, 0.5) is 5.69 Å². The Morgan fingerprint density at radius 3 is 2.71 bits per heavy atom. The van der Waals surface area contributed by atoms with E-state index >= 15 is 0 Å². The Kier molecular flexibility index (Phi) is 5.56. The molecule has 1 aliphatic carbocycles. The number of nitrogens with one attached hydrogen (secondary N) is 1. The van der Waals surface area contributed by atoms with Crippen LogP contribution in [0.25, 0.3) is 0 Å². The zero-order valence-corrected chi connectivity index (χ0v) is 12.6. The number of amides is 1. The van der Waals surface area contributed by atoms with Crippen molar-refractivity contribution in [2.45, 2.75) is 38.5 Å². The zero-order chi connectivity index (χ0) is 15.2. The molecule has 1 amide bonds. The molecule has 1 aromatic carbocycles. The summed E-state index contributed by atoms with van der Waals surface area (Å²) in [5, 5.41) is 13.5. The number of carbonyl (C=O) groups excluding carboxylic acids is 1. The summed E-state index contributed by atoms with van der Waals surface area (Å²) >= 11 is 5.92. The number of nitro groups is 1. The molecular formula is C15H19ClN2O3. The third-order valence-corrected chi connectivity index (χ3v) is 4.38. The maximum Gasteiger partial charge on any atom is 0.288 e. The summed E-state index contributed by atoms with van der Waals surface area (Å²) in [6.07, 6.45) is 7.27. The largest absolute Gasteiger partial charge is 0.352 e. The molecule has 0 aromatic heterocycles. The van der Waals surface area contributed by atoms with Gasteiger partial charge in [0.25, 0.3) is 11.6 Å². The summed E-state index contributed by atoms with van der Waals surface area (Å²) in [5.41, 5.74) is -0.0777. The van der Waals surface area contributed by atoms with Crippen molar-refractivity contribution in [3.05, 3.63) is 38.9 Å². The lowest BCUT2D eigenvalue weighted by atomic mass is 9.87. The van der Waals surface area contributed by atoms with Gasteiger partial charge in [0.1, 0.15) is 5.02 Å². The minimum Gasteiger partial charge on any atom is -0.352 e. The fraction of sp³-hybridized carbons (Fsp3) is 0.533. The first kappa shape index (κ1) is 15.8. The molecule has 5 nitrogen and oxygen atoms in total. The predicted octanol–water partition coefficient (Wildman–Crippen LogP) is 3.95. The maximum absolute atomic E-state index is 12.1. The minimum atomic E-state index is -0.582. The van der Waals surface area contributed by atoms with Crippen LogP contribution in [0.15, 0.2) is 18.2 Å². The van der Waals surface area contributed by atoms with E-state index in [0.717, 1.165) is 6.42 Å². The first-order chi connectivity index (χ1) is 10.1. The Hall–Kier alpha value is -1.62. The monoisotopic (exact) mass is 310 g/mol. The molecule has 1 fully saturated rings. The SMILES string of the molecule is O=C(NCCC1CCCCC1)c1cccc([N+](=O)[O-])c1Cl. The van der Waals surface area contributed by atoms with E-state index in [2.05, 4.69) is 5.32 Å². The number of nitro benzene ring substituents is 1. The Bertz CT molecular complexity index is 528. The van der Waals surface area contributed by atoms with Crippen LogP contribution in [0, 0.1) is 16.0 Å². The van der Waals surface area contributed by atoms with Crippen LogP contribution < -0.4 is 5.32 Å². The van der Waals surface area contributed by atoms with Gasteiger partial charge >= 0.3 is 0 Å². The number of rotatable bonds is 5. The van der Waals surface area contributed by atoms with Gasteiger partial charge in [0, 0.05) is 12.6 Å². The molecule has 1 aliphatic rings. The summed E-state index contributed by atoms with van der Waals surface area (Å²) in [6, 6.07) is 4.27. The van der Waals surface area contributed by atoms with E-state index in [9.17, 15) is 14.9 Å². The van der Waals surface area contributed by atoms with E-state index in [1.807, 2.05) is 0 Å². The van der Waals surface area contributed by atoms with Crippen molar-refractivity contribution >= 4 is 23.2 Å². The van der Waals surface area contributed by atoms with E-state index in [1.165, 1.54) is 50.3 Å². The van der Waals surface area contributed by atoms with Crippen molar-refractivity contribution in [3.63, 3.8) is 0 Å². The van der Waals surface area contributed by atoms with E-state index < -0.39 is 4.92 Å². The topological polar surface area (TPSA) is 72.2 Å². The minimum absolute atomic E-state index is 0.0994. The summed E-state index contributed by atoms with van der Waals surface area (Å²) < 4.78 is 0. The van der Waals surface area contributed by atoms with Crippen LogP contribution in [0.3, 0.4) is 0 Å². The Morgan fingerprint density at radius 2 is 2.05 bits per heavy atom. The molecular weight excluding hydrogens is 292 g/mol. The summed E-state index contributed by atoms with van der Waals surface area (Å²) in [4.78, 5) is 22.3. The lowest BCUT2D eigenvalue weighted by molar-refractivity contribution is -0.384. The molecule has 114 valence electrons. The second kappa shape index (κ2) is 7.41. The van der Waals surface area contributed by atoms with Gasteiger partial charge in [-0.2, -0.15) is 0 Å². The van der Waals surface area contributed by atoms with Gasteiger partial charge in [-0.3, -0.25) is 14.9 Å². The van der Waals surface area contributed by atoms with Gasteiger partial charge in [-0.05, 0) is 18.4 Å². The molecule has 0 saturated heterocycles. The van der Waals surface area contributed by atoms with Crippen LogP contribution in [0.2, 0.25) is 5.02 Å². The Morgan fingerprint density at radius 1 is 1.33 bits per heavy atom. The Balaban J connectivity index is 1.91. The molecule has 0 atom stereocenters. The van der Waals surface area contributed by atoms with Crippen molar-refractivity contribution in [2.75, 3.05) is 6.54 Å². The van der Waals surface area contributed by atoms with Gasteiger partial charge < -0.3 is 5.32 Å². The van der Waals surface area contributed by atoms with Crippen LogP contribution in [-0.4, -0.2) is 17.4 Å². The predicted molar refractivity (Wildman–Crippen MR) is 81.6 cm³/mol. The van der Waals surface area contributed by atoms with Gasteiger partial charge in [-0.15, -0.1) is 0 Å². The van der Waals surface area contributed by atoms with Crippen LogP contribution in [0.1, 0.15) is 48.9 Å². The highest BCUT2D eigenvalue weighted by molar-refractivity contribution is 6.35. The second-order valence-electron chi connectivity index (χ2n) is 5.44. The lowest BCUT2D eigenvalue weighted by Gasteiger charge is -2.21. The fourth-order valence-corrected chi connectivity index (χ4v) is 3.08.